The molecule has 0 amide bonds. The third-order valence-corrected chi connectivity index (χ3v) is 9.85. The molecule has 0 fully saturated rings. The van der Waals surface area contributed by atoms with E-state index >= 15 is 0 Å². The summed E-state index contributed by atoms with van der Waals surface area (Å²) >= 11 is 0. The zero-order valence-corrected chi connectivity index (χ0v) is 24.0. The molecule has 0 N–H and O–H groups in total. The van der Waals surface area contributed by atoms with Gasteiger partial charge in [-0.1, -0.05) is 140 Å². The van der Waals surface area contributed by atoms with E-state index in [0.717, 1.165) is 0 Å². The molecular weight excluding hydrogens is 529 g/mol. The van der Waals surface area contributed by atoms with Gasteiger partial charge in [-0.15, -0.1) is 0 Å². The van der Waals surface area contributed by atoms with Crippen molar-refractivity contribution >= 4 is 61.5 Å². The van der Waals surface area contributed by atoms with E-state index in [2.05, 4.69) is 163 Å². The number of anilines is 2. The van der Waals surface area contributed by atoms with E-state index in [4.69, 9.17) is 0 Å². The number of para-hydroxylation sites is 1. The second kappa shape index (κ2) is 8.95. The largest absolute Gasteiger partial charge is 0.376 e. The van der Waals surface area contributed by atoms with Crippen molar-refractivity contribution in [2.75, 3.05) is 4.81 Å². The van der Waals surface area contributed by atoms with Crippen molar-refractivity contribution in [3.05, 3.63) is 158 Å². The normalized spacial score (nSPS) is 12.9. The maximum atomic E-state index is 2.59. The Hall–Kier alpha value is -5.60. The van der Waals surface area contributed by atoms with E-state index in [0.29, 0.717) is 0 Å². The smallest absolute Gasteiger partial charge is 0.329 e. The van der Waals surface area contributed by atoms with E-state index in [1.165, 1.54) is 88.0 Å². The molecule has 0 radical (unpaired) electrons. The summed E-state index contributed by atoms with van der Waals surface area (Å²) in [6.45, 7) is 0.118. The van der Waals surface area contributed by atoms with Crippen LogP contribution in [0.2, 0.25) is 0 Å². The van der Waals surface area contributed by atoms with Gasteiger partial charge in [0.25, 0.3) is 0 Å². The zero-order chi connectivity index (χ0) is 28.8. The number of hydrogen-bond donors (Lipinski definition) is 0. The van der Waals surface area contributed by atoms with E-state index in [-0.39, 0.29) is 6.85 Å². The molecule has 202 valence electrons. The van der Waals surface area contributed by atoms with Crippen LogP contribution in [0.5, 0.6) is 0 Å². The van der Waals surface area contributed by atoms with Crippen LogP contribution < -0.4 is 15.7 Å². The first-order valence-electron chi connectivity index (χ1n) is 15.4. The summed E-state index contributed by atoms with van der Waals surface area (Å²) < 4.78 is 0. The minimum atomic E-state index is 0.118. The molecule has 0 atom stereocenters. The Labute approximate surface area is 256 Å². The van der Waals surface area contributed by atoms with Crippen molar-refractivity contribution in [3.8, 4) is 33.4 Å². The molecule has 8 aromatic rings. The summed E-state index contributed by atoms with van der Waals surface area (Å²) in [7, 11) is 0. The van der Waals surface area contributed by atoms with Crippen LogP contribution in [0.1, 0.15) is 0 Å². The van der Waals surface area contributed by atoms with Crippen molar-refractivity contribution in [1.29, 1.82) is 0 Å². The van der Waals surface area contributed by atoms with Gasteiger partial charge < -0.3 is 4.81 Å². The molecule has 2 heterocycles. The molecule has 0 aromatic heterocycles. The Morgan fingerprint density at radius 2 is 0.841 bits per heavy atom. The maximum Gasteiger partial charge on any atom is 0.329 e. The third-order valence-electron chi connectivity index (χ3n) is 9.85. The van der Waals surface area contributed by atoms with Gasteiger partial charge in [-0.25, -0.2) is 0 Å². The summed E-state index contributed by atoms with van der Waals surface area (Å²) in [5.41, 5.74) is 13.0. The Kier molecular flexibility index (Phi) is 4.87. The standard InChI is InChI=1S/C42H26BN/c1-2-14-31-29(12-1)30-13-3-4-15-32(30)37-26-27(24-25-33(31)37)28-19-11-23-41-42(28)36-18-6-9-21-39(36)43-38-20-8-5-16-34(38)35-17-7-10-22-40(35)44(41)43/h1-26H. The topological polar surface area (TPSA) is 3.24 Å². The molecule has 8 aromatic carbocycles. The van der Waals surface area contributed by atoms with Gasteiger partial charge in [0.15, 0.2) is 0 Å². The number of nitrogens with zero attached hydrogens (tertiary/aromatic N) is 1. The Morgan fingerprint density at radius 3 is 1.57 bits per heavy atom. The fourth-order valence-corrected chi connectivity index (χ4v) is 8.05. The highest BCUT2D eigenvalue weighted by atomic mass is 15.1. The minimum Gasteiger partial charge on any atom is -0.376 e. The lowest BCUT2D eigenvalue weighted by molar-refractivity contribution is 1.35. The summed E-state index contributed by atoms with van der Waals surface area (Å²) in [5, 5.41) is 7.82. The molecule has 10 rings (SSSR count). The minimum absolute atomic E-state index is 0.118. The van der Waals surface area contributed by atoms with Crippen LogP contribution in [0.3, 0.4) is 0 Å². The second-order valence-electron chi connectivity index (χ2n) is 12.0. The highest BCUT2D eigenvalue weighted by Gasteiger charge is 2.42. The average Bonchev–Trinajstić information content (AvgIpc) is 3.11. The van der Waals surface area contributed by atoms with Gasteiger partial charge in [-0.05, 0) is 83.7 Å². The first-order chi connectivity index (χ1) is 21.9. The van der Waals surface area contributed by atoms with Crippen LogP contribution in [0.15, 0.2) is 158 Å². The van der Waals surface area contributed by atoms with Gasteiger partial charge in [-0.2, -0.15) is 0 Å². The number of hydrogen-bond acceptors (Lipinski definition) is 1. The molecule has 0 bridgehead atoms. The van der Waals surface area contributed by atoms with Crippen LogP contribution in [0.25, 0.3) is 65.7 Å². The number of benzene rings is 8. The SMILES string of the molecule is c1ccc2c(c1)B1c3ccccc3-c3c(-c4ccc5c6ccccc6c6ccccc6c5c4)cccc3N1c1ccccc1-2. The van der Waals surface area contributed by atoms with Gasteiger partial charge in [0.2, 0.25) is 0 Å². The molecule has 44 heavy (non-hydrogen) atoms. The quantitative estimate of drug-likeness (QED) is 0.144. The zero-order valence-electron chi connectivity index (χ0n) is 24.0. The lowest BCUT2D eigenvalue weighted by Crippen LogP contribution is -2.59. The van der Waals surface area contributed by atoms with Crippen LogP contribution >= 0.6 is 0 Å². The molecule has 2 aliphatic heterocycles. The fourth-order valence-electron chi connectivity index (χ4n) is 8.05. The van der Waals surface area contributed by atoms with Crippen molar-refractivity contribution < 1.29 is 0 Å². The fraction of sp³-hybridized carbons (Fsp3) is 0. The molecule has 1 nitrogen and oxygen atoms in total. The highest BCUT2D eigenvalue weighted by molar-refractivity contribution is 6.92. The summed E-state index contributed by atoms with van der Waals surface area (Å²) in [6, 6.07) is 58.5. The van der Waals surface area contributed by atoms with Crippen LogP contribution in [-0.4, -0.2) is 6.85 Å². The molecule has 0 unspecified atom stereocenters. The van der Waals surface area contributed by atoms with Crippen LogP contribution in [-0.2, 0) is 0 Å². The number of fused-ring (bicyclic) bond motifs is 17. The van der Waals surface area contributed by atoms with Gasteiger partial charge in [0.05, 0.1) is 0 Å². The molecule has 0 saturated heterocycles. The lowest BCUT2D eigenvalue weighted by atomic mass is 9.43. The van der Waals surface area contributed by atoms with E-state index in [9.17, 15) is 0 Å². The molecule has 0 saturated carbocycles. The van der Waals surface area contributed by atoms with Gasteiger partial charge in [0.1, 0.15) is 0 Å². The Balaban J connectivity index is 1.28. The van der Waals surface area contributed by atoms with Gasteiger partial charge in [0, 0.05) is 22.5 Å². The van der Waals surface area contributed by atoms with Gasteiger partial charge in [-0.3, -0.25) is 0 Å². The van der Waals surface area contributed by atoms with E-state index in [1.54, 1.807) is 0 Å². The Bertz CT molecular complexity index is 2440. The lowest BCUT2D eigenvalue weighted by Gasteiger charge is -2.43. The van der Waals surface area contributed by atoms with Crippen molar-refractivity contribution in [2.24, 2.45) is 0 Å². The van der Waals surface area contributed by atoms with Crippen LogP contribution in [0, 0.1) is 0 Å². The first-order valence-corrected chi connectivity index (χ1v) is 15.4. The predicted molar refractivity (Wildman–Crippen MR) is 189 cm³/mol. The van der Waals surface area contributed by atoms with E-state index < -0.39 is 0 Å². The first kappa shape index (κ1) is 23.9. The third kappa shape index (κ3) is 3.15. The maximum absolute atomic E-state index is 2.59. The molecule has 0 spiro atoms. The van der Waals surface area contributed by atoms with Gasteiger partial charge >= 0.3 is 6.85 Å². The van der Waals surface area contributed by atoms with Crippen LogP contribution in [0.4, 0.5) is 11.4 Å². The summed E-state index contributed by atoms with van der Waals surface area (Å²) in [5.74, 6) is 0. The monoisotopic (exact) mass is 555 g/mol. The molecule has 0 aliphatic carbocycles. The Morgan fingerprint density at radius 1 is 0.341 bits per heavy atom. The number of rotatable bonds is 1. The molecule has 2 aliphatic rings. The summed E-state index contributed by atoms with van der Waals surface area (Å²) in [6.07, 6.45) is 0. The molecule has 2 heteroatoms. The van der Waals surface area contributed by atoms with Crippen molar-refractivity contribution in [2.45, 2.75) is 0 Å². The van der Waals surface area contributed by atoms with E-state index in [1.807, 2.05) is 0 Å². The predicted octanol–water partition coefficient (Wildman–Crippen LogP) is 9.72. The average molecular weight is 555 g/mol. The van der Waals surface area contributed by atoms with Crippen molar-refractivity contribution in [1.82, 2.24) is 0 Å². The molecular formula is C42H26BN. The summed E-state index contributed by atoms with van der Waals surface area (Å²) in [4.78, 5) is 2.59. The second-order valence-corrected chi connectivity index (χ2v) is 12.0. The van der Waals surface area contributed by atoms with Crippen molar-refractivity contribution in [3.63, 3.8) is 0 Å². The highest BCUT2D eigenvalue weighted by Crippen LogP contribution is 2.49.